The minimum absolute atomic E-state index is 0.0398. The first-order chi connectivity index (χ1) is 13.3. The molecule has 0 bridgehead atoms. The first kappa shape index (κ1) is 18.8. The summed E-state index contributed by atoms with van der Waals surface area (Å²) in [7, 11) is 0. The lowest BCUT2D eigenvalue weighted by atomic mass is 9.89. The quantitative estimate of drug-likeness (QED) is 0.795. The van der Waals surface area contributed by atoms with Gasteiger partial charge in [-0.15, -0.1) is 0 Å². The molecule has 2 aliphatic heterocycles. The Morgan fingerprint density at radius 3 is 2.75 bits per heavy atom. The maximum Gasteiger partial charge on any atom is 0.333 e. The highest BCUT2D eigenvalue weighted by Crippen LogP contribution is 2.44. The van der Waals surface area contributed by atoms with Crippen LogP contribution in [0.15, 0.2) is 36.5 Å². The van der Waals surface area contributed by atoms with Gasteiger partial charge in [-0.1, -0.05) is 6.07 Å². The van der Waals surface area contributed by atoms with Crippen molar-refractivity contribution in [3.8, 4) is 0 Å². The summed E-state index contributed by atoms with van der Waals surface area (Å²) in [5.41, 5.74) is 0.727. The van der Waals surface area contributed by atoms with Gasteiger partial charge in [0.2, 0.25) is 0 Å². The van der Waals surface area contributed by atoms with Gasteiger partial charge in [0.15, 0.2) is 5.69 Å². The van der Waals surface area contributed by atoms with Crippen molar-refractivity contribution in [3.05, 3.63) is 48.0 Å². The molecule has 0 N–H and O–H groups in total. The standard InChI is InChI=1S/C20H23F3N4O/c1-20(2)11-13-12-25(18(28)16-6-9-26(24-16)19(22)23)8-7-17(13)27(20)15-5-3-4-14(21)10-15/h3-6,9-10,13,17,19H,7-8,11-12H2,1-2H3/t13-,17+/m1/s1. The molecule has 0 spiro atoms. The second-order valence-electron chi connectivity index (χ2n) is 8.19. The molecule has 1 amide bonds. The molecule has 0 saturated carbocycles. The Bertz CT molecular complexity index is 882. The third kappa shape index (κ3) is 3.25. The highest BCUT2D eigenvalue weighted by molar-refractivity contribution is 5.92. The molecule has 2 fully saturated rings. The molecule has 150 valence electrons. The molecule has 4 rings (SSSR count). The molecule has 1 aromatic carbocycles. The van der Waals surface area contributed by atoms with Crippen LogP contribution >= 0.6 is 0 Å². The smallest absolute Gasteiger partial charge is 0.333 e. The molecule has 5 nitrogen and oxygen atoms in total. The van der Waals surface area contributed by atoms with Crippen LogP contribution in [0.4, 0.5) is 18.9 Å². The third-order valence-electron chi connectivity index (χ3n) is 5.84. The van der Waals surface area contributed by atoms with Crippen molar-refractivity contribution >= 4 is 11.6 Å². The molecular weight excluding hydrogens is 369 g/mol. The molecule has 0 unspecified atom stereocenters. The van der Waals surface area contributed by atoms with Crippen LogP contribution in [0.2, 0.25) is 0 Å². The van der Waals surface area contributed by atoms with E-state index in [9.17, 15) is 18.0 Å². The molecule has 28 heavy (non-hydrogen) atoms. The normalized spacial score (nSPS) is 23.9. The first-order valence-electron chi connectivity index (χ1n) is 9.44. The molecule has 0 aliphatic carbocycles. The Labute approximate surface area is 161 Å². The molecule has 1 aromatic heterocycles. The fourth-order valence-corrected chi connectivity index (χ4v) is 4.82. The molecule has 0 radical (unpaired) electrons. The van der Waals surface area contributed by atoms with Gasteiger partial charge in [0.05, 0.1) is 0 Å². The topological polar surface area (TPSA) is 41.4 Å². The highest BCUT2D eigenvalue weighted by Gasteiger charge is 2.48. The van der Waals surface area contributed by atoms with Crippen molar-refractivity contribution in [1.82, 2.24) is 14.7 Å². The Morgan fingerprint density at radius 1 is 1.29 bits per heavy atom. The second kappa shape index (κ2) is 6.83. The van der Waals surface area contributed by atoms with Gasteiger partial charge in [-0.2, -0.15) is 13.9 Å². The largest absolute Gasteiger partial charge is 0.363 e. The fourth-order valence-electron chi connectivity index (χ4n) is 4.82. The minimum Gasteiger partial charge on any atom is -0.363 e. The lowest BCUT2D eigenvalue weighted by Gasteiger charge is -2.41. The lowest BCUT2D eigenvalue weighted by molar-refractivity contribution is 0.0541. The van der Waals surface area contributed by atoms with Crippen molar-refractivity contribution < 1.29 is 18.0 Å². The van der Waals surface area contributed by atoms with E-state index in [2.05, 4.69) is 23.8 Å². The summed E-state index contributed by atoms with van der Waals surface area (Å²) < 4.78 is 39.7. The van der Waals surface area contributed by atoms with Crippen molar-refractivity contribution in [1.29, 1.82) is 0 Å². The minimum atomic E-state index is -2.76. The average Bonchev–Trinajstić information content (AvgIpc) is 3.21. The van der Waals surface area contributed by atoms with E-state index in [0.29, 0.717) is 17.8 Å². The zero-order valence-corrected chi connectivity index (χ0v) is 15.9. The van der Waals surface area contributed by atoms with E-state index >= 15 is 0 Å². The number of fused-ring (bicyclic) bond motifs is 1. The van der Waals surface area contributed by atoms with E-state index in [1.807, 2.05) is 6.07 Å². The maximum atomic E-state index is 13.8. The molecule has 8 heteroatoms. The zero-order valence-electron chi connectivity index (χ0n) is 15.9. The number of amides is 1. The number of hydrogen-bond donors (Lipinski definition) is 0. The number of carbonyl (C=O) groups excluding carboxylic acids is 1. The van der Waals surface area contributed by atoms with E-state index in [1.54, 1.807) is 17.0 Å². The number of hydrogen-bond acceptors (Lipinski definition) is 3. The van der Waals surface area contributed by atoms with Crippen LogP contribution in [0.5, 0.6) is 0 Å². The second-order valence-corrected chi connectivity index (χ2v) is 8.19. The maximum absolute atomic E-state index is 13.8. The van der Waals surface area contributed by atoms with E-state index < -0.39 is 6.55 Å². The van der Waals surface area contributed by atoms with Gasteiger partial charge in [0.25, 0.3) is 5.91 Å². The Morgan fingerprint density at radius 2 is 2.07 bits per heavy atom. The summed E-state index contributed by atoms with van der Waals surface area (Å²) in [5, 5.41) is 3.69. The molecule has 2 atom stereocenters. The van der Waals surface area contributed by atoms with Crippen molar-refractivity contribution in [3.63, 3.8) is 0 Å². The number of aromatic nitrogens is 2. The summed E-state index contributed by atoms with van der Waals surface area (Å²) in [4.78, 5) is 16.7. The van der Waals surface area contributed by atoms with Gasteiger partial charge in [-0.05, 0) is 56.9 Å². The number of likely N-dealkylation sites (tertiary alicyclic amines) is 1. The Balaban J connectivity index is 1.52. The van der Waals surface area contributed by atoms with Gasteiger partial charge < -0.3 is 9.80 Å². The first-order valence-corrected chi connectivity index (χ1v) is 9.44. The number of carbonyl (C=O) groups is 1. The van der Waals surface area contributed by atoms with Crippen LogP contribution in [0.1, 0.15) is 43.7 Å². The van der Waals surface area contributed by atoms with Crippen LogP contribution < -0.4 is 4.90 Å². The summed E-state index contributed by atoms with van der Waals surface area (Å²) in [5.74, 6) is -0.355. The van der Waals surface area contributed by atoms with Crippen LogP contribution in [0.3, 0.4) is 0 Å². The highest BCUT2D eigenvalue weighted by atomic mass is 19.3. The van der Waals surface area contributed by atoms with Gasteiger partial charge in [0, 0.05) is 36.6 Å². The van der Waals surface area contributed by atoms with Gasteiger partial charge >= 0.3 is 6.55 Å². The third-order valence-corrected chi connectivity index (χ3v) is 5.84. The van der Waals surface area contributed by atoms with Crippen molar-refractivity contribution in [2.24, 2.45) is 5.92 Å². The molecule has 3 heterocycles. The number of halogens is 3. The Kier molecular flexibility index (Phi) is 4.59. The molecule has 2 saturated heterocycles. The van der Waals surface area contributed by atoms with Gasteiger partial charge in [-0.3, -0.25) is 4.79 Å². The average molecular weight is 392 g/mol. The number of alkyl halides is 2. The monoisotopic (exact) mass is 392 g/mol. The number of anilines is 1. The molecular formula is C20H23F3N4O. The predicted molar refractivity (Wildman–Crippen MR) is 98.9 cm³/mol. The van der Waals surface area contributed by atoms with E-state index in [1.165, 1.54) is 12.1 Å². The number of rotatable bonds is 3. The number of piperidine rings is 1. The molecule has 2 aromatic rings. The summed E-state index contributed by atoms with van der Waals surface area (Å²) in [6.07, 6.45) is 2.73. The van der Waals surface area contributed by atoms with Crippen LogP contribution in [-0.2, 0) is 0 Å². The van der Waals surface area contributed by atoms with Gasteiger partial charge in [-0.25, -0.2) is 9.07 Å². The van der Waals surface area contributed by atoms with Gasteiger partial charge in [0.1, 0.15) is 5.82 Å². The lowest BCUT2D eigenvalue weighted by Crippen LogP contribution is -2.50. The zero-order chi connectivity index (χ0) is 20.1. The fraction of sp³-hybridized carbons (Fsp3) is 0.500. The van der Waals surface area contributed by atoms with Crippen molar-refractivity contribution in [2.75, 3.05) is 18.0 Å². The summed E-state index contributed by atoms with van der Waals surface area (Å²) >= 11 is 0. The SMILES string of the molecule is CC1(C)C[C@@H]2CN(C(=O)c3ccn(C(F)F)n3)CC[C@@H]2N1c1cccc(F)c1. The molecule has 2 aliphatic rings. The predicted octanol–water partition coefficient (Wildman–Crippen LogP) is 3.94. The Hall–Kier alpha value is -2.51. The number of benzene rings is 1. The van der Waals surface area contributed by atoms with Crippen LogP contribution in [0, 0.1) is 11.7 Å². The van der Waals surface area contributed by atoms with E-state index in [-0.39, 0.29) is 34.9 Å². The number of nitrogens with zero attached hydrogens (tertiary/aromatic N) is 4. The van der Waals surface area contributed by atoms with E-state index in [0.717, 1.165) is 24.7 Å². The van der Waals surface area contributed by atoms with Crippen LogP contribution in [0.25, 0.3) is 0 Å². The summed E-state index contributed by atoms with van der Waals surface area (Å²) in [6.45, 7) is 2.56. The van der Waals surface area contributed by atoms with E-state index in [4.69, 9.17) is 0 Å². The summed E-state index contributed by atoms with van der Waals surface area (Å²) in [6, 6.07) is 8.16. The van der Waals surface area contributed by atoms with Crippen LogP contribution in [-0.4, -0.2) is 45.3 Å². The van der Waals surface area contributed by atoms with Crippen molar-refractivity contribution in [2.45, 2.75) is 44.8 Å².